The van der Waals surface area contributed by atoms with Crippen molar-refractivity contribution in [3.8, 4) is 5.69 Å². The van der Waals surface area contributed by atoms with Gasteiger partial charge in [-0.2, -0.15) is 5.10 Å². The summed E-state index contributed by atoms with van der Waals surface area (Å²) in [5.74, 6) is 0.597. The highest BCUT2D eigenvalue weighted by molar-refractivity contribution is 5.76. The topological polar surface area (TPSA) is 79.6 Å². The highest BCUT2D eigenvalue weighted by atomic mass is 16.2. The van der Waals surface area contributed by atoms with E-state index in [0.717, 1.165) is 11.3 Å². The Morgan fingerprint density at radius 1 is 1.00 bits per heavy atom. The average Bonchev–Trinajstić information content (AvgIpc) is 3.33. The van der Waals surface area contributed by atoms with Gasteiger partial charge in [-0.25, -0.2) is 14.5 Å². The summed E-state index contributed by atoms with van der Waals surface area (Å²) in [6.45, 7) is 4.42. The van der Waals surface area contributed by atoms with Crippen molar-refractivity contribution in [2.75, 3.05) is 0 Å². The molecule has 0 spiro atoms. The van der Waals surface area contributed by atoms with Crippen LogP contribution in [-0.4, -0.2) is 28.5 Å². The number of aryl methyl sites for hydroxylation is 2. The van der Waals surface area contributed by atoms with Crippen molar-refractivity contribution in [2.24, 2.45) is 7.05 Å². The number of hydrogen-bond donors (Lipinski definition) is 0. The molecule has 0 saturated carbocycles. The maximum Gasteiger partial charge on any atom is 0.332 e. The highest BCUT2D eigenvalue weighted by Crippen LogP contribution is 2.14. The van der Waals surface area contributed by atoms with Crippen molar-refractivity contribution in [3.63, 3.8) is 0 Å². The third-order valence-corrected chi connectivity index (χ3v) is 4.96. The highest BCUT2D eigenvalue weighted by Gasteiger charge is 2.17. The second-order valence-electron chi connectivity index (χ2n) is 6.66. The average molecular weight is 390 g/mol. The second kappa shape index (κ2) is 7.38. The monoisotopic (exact) mass is 390 g/mol. The van der Waals surface area contributed by atoms with Crippen LogP contribution in [0.3, 0.4) is 0 Å². The van der Waals surface area contributed by atoms with E-state index in [1.165, 1.54) is 9.13 Å². The van der Waals surface area contributed by atoms with E-state index < -0.39 is 0 Å². The first-order valence-corrected chi connectivity index (χ1v) is 9.53. The minimum absolute atomic E-state index is 0.316. The number of nitrogens with zero attached hydrogens (tertiary/aromatic N) is 6. The van der Waals surface area contributed by atoms with E-state index in [1.807, 2.05) is 55.6 Å². The molecule has 0 saturated heterocycles. The Morgan fingerprint density at radius 2 is 1.72 bits per heavy atom. The zero-order valence-electron chi connectivity index (χ0n) is 16.6. The van der Waals surface area contributed by atoms with Gasteiger partial charge in [0.1, 0.15) is 5.82 Å². The predicted molar refractivity (Wildman–Crippen MR) is 113 cm³/mol. The van der Waals surface area contributed by atoms with Crippen LogP contribution in [0.25, 0.3) is 29.0 Å². The van der Waals surface area contributed by atoms with Crippen molar-refractivity contribution in [1.82, 2.24) is 28.5 Å². The molecule has 0 fully saturated rings. The lowest BCUT2D eigenvalue weighted by Gasteiger charge is -2.08. The fourth-order valence-corrected chi connectivity index (χ4v) is 3.41. The number of benzene rings is 1. The van der Waals surface area contributed by atoms with Gasteiger partial charge < -0.3 is 4.57 Å². The van der Waals surface area contributed by atoms with Crippen LogP contribution in [0.1, 0.15) is 25.2 Å². The number of aromatic nitrogens is 6. The van der Waals surface area contributed by atoms with E-state index in [1.54, 1.807) is 29.4 Å². The van der Waals surface area contributed by atoms with E-state index in [2.05, 4.69) is 10.1 Å². The minimum Gasteiger partial charge on any atom is -0.322 e. The summed E-state index contributed by atoms with van der Waals surface area (Å²) in [5, 5.41) is 4.38. The third kappa shape index (κ3) is 3.12. The Hall–Kier alpha value is -3.68. The molecule has 0 radical (unpaired) electrons. The molecule has 0 N–H and O–H groups in total. The summed E-state index contributed by atoms with van der Waals surface area (Å²) in [7, 11) is 1.79. The van der Waals surface area contributed by atoms with Crippen molar-refractivity contribution < 1.29 is 0 Å². The largest absolute Gasteiger partial charge is 0.332 e. The lowest BCUT2D eigenvalue weighted by atomic mass is 10.3. The van der Waals surface area contributed by atoms with Gasteiger partial charge in [0.05, 0.1) is 11.9 Å². The summed E-state index contributed by atoms with van der Waals surface area (Å²) in [5.41, 5.74) is 2.07. The molecule has 0 aliphatic carbocycles. The molecule has 3 aromatic heterocycles. The number of hydrogen-bond acceptors (Lipinski definition) is 4. The summed E-state index contributed by atoms with van der Waals surface area (Å²) < 4.78 is 6.30. The first kappa shape index (κ1) is 18.7. The quantitative estimate of drug-likeness (QED) is 0.524. The van der Waals surface area contributed by atoms with Crippen LogP contribution in [0.15, 0.2) is 52.3 Å². The maximum atomic E-state index is 12.8. The summed E-state index contributed by atoms with van der Waals surface area (Å²) >= 11 is 0. The zero-order valence-corrected chi connectivity index (χ0v) is 16.6. The van der Waals surface area contributed by atoms with Gasteiger partial charge >= 0.3 is 5.69 Å². The number of imidazole rings is 1. The van der Waals surface area contributed by atoms with E-state index >= 15 is 0 Å². The Bertz CT molecular complexity index is 1320. The molecular formula is C21H22N6O2. The summed E-state index contributed by atoms with van der Waals surface area (Å²) in [6, 6.07) is 9.84. The SMILES string of the molecule is CCn1c(=O)c2c(nc(C=Cc3cnn(-c4ccccc4)c3)n2C)n(CC)c1=O. The van der Waals surface area contributed by atoms with Crippen molar-refractivity contribution in [1.29, 1.82) is 0 Å². The molecule has 0 unspecified atom stereocenters. The van der Waals surface area contributed by atoms with Gasteiger partial charge in [0.15, 0.2) is 11.2 Å². The maximum absolute atomic E-state index is 12.8. The molecule has 1 aromatic carbocycles. The molecule has 148 valence electrons. The Balaban J connectivity index is 1.77. The first-order valence-electron chi connectivity index (χ1n) is 9.53. The minimum atomic E-state index is -0.328. The fraction of sp³-hybridized carbons (Fsp3) is 0.238. The van der Waals surface area contributed by atoms with Gasteiger partial charge in [-0.15, -0.1) is 0 Å². The predicted octanol–water partition coefficient (Wildman–Crippen LogP) is 2.29. The Morgan fingerprint density at radius 3 is 2.41 bits per heavy atom. The lowest BCUT2D eigenvalue weighted by molar-refractivity contribution is 0.604. The van der Waals surface area contributed by atoms with Crippen LogP contribution in [0, 0.1) is 0 Å². The van der Waals surface area contributed by atoms with Crippen LogP contribution < -0.4 is 11.2 Å². The van der Waals surface area contributed by atoms with Crippen LogP contribution in [-0.2, 0) is 20.1 Å². The van der Waals surface area contributed by atoms with Crippen molar-refractivity contribution in [2.45, 2.75) is 26.9 Å². The van der Waals surface area contributed by atoms with E-state index in [4.69, 9.17) is 0 Å². The molecule has 4 aromatic rings. The van der Waals surface area contributed by atoms with Gasteiger partial charge in [-0.05, 0) is 38.1 Å². The standard InChI is InChI=1S/C21H22N6O2/c1-4-25-19-18(20(28)26(5-2)21(25)29)24(3)17(23-19)12-11-15-13-22-27(14-15)16-9-7-6-8-10-16/h6-14H,4-5H2,1-3H3. The van der Waals surface area contributed by atoms with Gasteiger partial charge in [0.2, 0.25) is 0 Å². The number of rotatable bonds is 5. The van der Waals surface area contributed by atoms with Crippen LogP contribution in [0.5, 0.6) is 0 Å². The summed E-state index contributed by atoms with van der Waals surface area (Å²) in [6.07, 6.45) is 7.39. The Kier molecular flexibility index (Phi) is 4.75. The van der Waals surface area contributed by atoms with Crippen molar-refractivity contribution >= 4 is 23.3 Å². The summed E-state index contributed by atoms with van der Waals surface area (Å²) in [4.78, 5) is 29.9. The van der Waals surface area contributed by atoms with Crippen LogP contribution >= 0.6 is 0 Å². The lowest BCUT2D eigenvalue weighted by Crippen LogP contribution is -2.39. The molecule has 0 atom stereocenters. The molecular weight excluding hydrogens is 368 g/mol. The van der Waals surface area contributed by atoms with Gasteiger partial charge in [0.25, 0.3) is 5.56 Å². The molecule has 0 aliphatic heterocycles. The molecule has 8 nitrogen and oxygen atoms in total. The molecule has 3 heterocycles. The van der Waals surface area contributed by atoms with E-state index in [-0.39, 0.29) is 11.2 Å². The van der Waals surface area contributed by atoms with Crippen molar-refractivity contribution in [3.05, 3.63) is 75.0 Å². The first-order chi connectivity index (χ1) is 14.0. The second-order valence-corrected chi connectivity index (χ2v) is 6.66. The Labute approximate surface area is 167 Å². The molecule has 0 bridgehead atoms. The molecule has 4 rings (SSSR count). The number of fused-ring (bicyclic) bond motifs is 1. The van der Waals surface area contributed by atoms with Gasteiger partial charge in [0, 0.05) is 31.9 Å². The van der Waals surface area contributed by atoms with E-state index in [9.17, 15) is 9.59 Å². The molecule has 0 aliphatic rings. The normalized spacial score (nSPS) is 11.7. The van der Waals surface area contributed by atoms with Gasteiger partial charge in [-0.1, -0.05) is 18.2 Å². The van der Waals surface area contributed by atoms with Gasteiger partial charge in [-0.3, -0.25) is 13.9 Å². The third-order valence-electron chi connectivity index (χ3n) is 4.96. The molecule has 0 amide bonds. The molecule has 29 heavy (non-hydrogen) atoms. The zero-order chi connectivity index (χ0) is 20.5. The van der Waals surface area contributed by atoms with Crippen LogP contribution in [0.2, 0.25) is 0 Å². The number of para-hydroxylation sites is 1. The fourth-order valence-electron chi connectivity index (χ4n) is 3.41. The van der Waals surface area contributed by atoms with E-state index in [0.29, 0.717) is 30.1 Å². The van der Waals surface area contributed by atoms with Crippen LogP contribution in [0.4, 0.5) is 0 Å². The smallest absolute Gasteiger partial charge is 0.322 e. The molecule has 8 heteroatoms.